The number of rotatable bonds is 4. The molecule has 0 aromatic rings. The highest BCUT2D eigenvalue weighted by molar-refractivity contribution is 7.44. The summed E-state index contributed by atoms with van der Waals surface area (Å²) >= 11 is 0. The predicted molar refractivity (Wildman–Crippen MR) is 115 cm³/mol. The first kappa shape index (κ1) is 21.0. The van der Waals surface area contributed by atoms with Gasteiger partial charge in [-0.05, 0) is 16.5 Å². The van der Waals surface area contributed by atoms with Crippen molar-refractivity contribution < 1.29 is 0 Å². The van der Waals surface area contributed by atoms with Gasteiger partial charge in [0.25, 0.3) is 0 Å². The van der Waals surface area contributed by atoms with Crippen LogP contribution in [0.3, 0.4) is 0 Å². The van der Waals surface area contributed by atoms with Crippen molar-refractivity contribution in [3.63, 3.8) is 0 Å². The lowest BCUT2D eigenvalue weighted by atomic mass is 11.7. The normalized spacial score (nSPS) is 13.6. The Balaban J connectivity index is 6.51. The summed E-state index contributed by atoms with van der Waals surface area (Å²) in [5.74, 6) is 0. The van der Waals surface area contributed by atoms with Gasteiger partial charge in [-0.3, -0.25) is 0 Å². The second kappa shape index (κ2) is 6.66. The van der Waals surface area contributed by atoms with Crippen LogP contribution in [0.5, 0.6) is 0 Å². The van der Waals surface area contributed by atoms with E-state index in [0.29, 0.717) is 0 Å². The average Bonchev–Trinajstić information content (AvgIpc) is 2.02. The third kappa shape index (κ3) is 6.87. The van der Waals surface area contributed by atoms with Crippen molar-refractivity contribution in [1.29, 1.82) is 0 Å². The summed E-state index contributed by atoms with van der Waals surface area (Å²) in [7, 11) is -2.06. The molecule has 116 valence electrons. The SMILES string of the molecule is C[Si](C)(C)C(=[Si]=[Si]=C([Si](C)(C)C)[Si](C)(C)C)[Si](C)(C)C. The molecule has 0 saturated carbocycles. The minimum Gasteiger partial charge on any atom is -0.0756 e. The molecule has 0 bridgehead atoms. The second-order valence-corrected chi connectivity index (χ2v) is 36.0. The van der Waals surface area contributed by atoms with Gasteiger partial charge >= 0.3 is 0 Å². The summed E-state index contributed by atoms with van der Waals surface area (Å²) in [5, 5.41) is 0. The van der Waals surface area contributed by atoms with E-state index < -0.39 is 32.3 Å². The Labute approximate surface area is 136 Å². The molecular weight excluding hydrogens is 337 g/mol. The minimum atomic E-state index is -1.09. The van der Waals surface area contributed by atoms with Gasteiger partial charge in [-0.15, -0.1) is 0 Å². The van der Waals surface area contributed by atoms with Gasteiger partial charge in [0.15, 0.2) is 0 Å². The third-order valence-electron chi connectivity index (χ3n) is 3.31. The highest BCUT2D eigenvalue weighted by atomic mass is 28.8. The lowest BCUT2D eigenvalue weighted by molar-refractivity contribution is 1.79. The van der Waals surface area contributed by atoms with Crippen molar-refractivity contribution in [2.75, 3.05) is 0 Å². The van der Waals surface area contributed by atoms with Crippen LogP contribution in [0.25, 0.3) is 0 Å². The molecule has 0 amide bonds. The first-order chi connectivity index (χ1) is 8.47. The molecule has 0 aromatic heterocycles. The number of hydrogen-bond donors (Lipinski definition) is 0. The van der Waals surface area contributed by atoms with Gasteiger partial charge in [-0.2, -0.15) is 0 Å². The van der Waals surface area contributed by atoms with E-state index in [1.807, 2.05) is 0 Å². The van der Waals surface area contributed by atoms with Crippen molar-refractivity contribution in [3.05, 3.63) is 0 Å². The van der Waals surface area contributed by atoms with Gasteiger partial charge in [0.05, 0.1) is 32.3 Å². The summed E-state index contributed by atoms with van der Waals surface area (Å²) in [5.41, 5.74) is 0. The van der Waals surface area contributed by atoms with E-state index in [2.05, 4.69) is 87.4 Å². The van der Waals surface area contributed by atoms with Gasteiger partial charge in [-0.25, -0.2) is 0 Å². The molecule has 0 aliphatic rings. The molecule has 0 fully saturated rings. The van der Waals surface area contributed by atoms with Crippen LogP contribution < -0.4 is 0 Å². The summed E-state index contributed by atoms with van der Waals surface area (Å²) in [6.07, 6.45) is 0. The summed E-state index contributed by atoms with van der Waals surface area (Å²) in [6, 6.07) is 0. The van der Waals surface area contributed by atoms with E-state index in [9.17, 15) is 0 Å². The molecule has 20 heavy (non-hydrogen) atoms. The molecule has 0 heterocycles. The summed E-state index contributed by atoms with van der Waals surface area (Å²) < 4.78 is 4.11. The maximum atomic E-state index is 2.57. The Morgan fingerprint density at radius 2 is 0.550 bits per heavy atom. The fourth-order valence-electron chi connectivity index (χ4n) is 3.12. The fourth-order valence-corrected chi connectivity index (χ4v) is 43.9. The molecule has 0 unspecified atom stereocenters. The summed E-state index contributed by atoms with van der Waals surface area (Å²) in [4.78, 5) is 0. The van der Waals surface area contributed by atoms with Crippen LogP contribution in [0, 0.1) is 0 Å². The zero-order valence-corrected chi connectivity index (χ0v) is 22.0. The fraction of sp³-hybridized carbons (Fsp3) is 0.857. The molecule has 0 rings (SSSR count). The van der Waals surface area contributed by atoms with Crippen molar-refractivity contribution in [3.8, 4) is 0 Å². The maximum Gasteiger partial charge on any atom is 0.0706 e. The molecule has 0 aromatic carbocycles. The largest absolute Gasteiger partial charge is 0.0756 e. The van der Waals surface area contributed by atoms with Crippen LogP contribution in [0.4, 0.5) is 0 Å². The number of hydrogen-bond acceptors (Lipinski definition) is 0. The van der Waals surface area contributed by atoms with E-state index in [1.165, 1.54) is 0 Å². The van der Waals surface area contributed by atoms with E-state index >= 15 is 0 Å². The average molecular weight is 373 g/mol. The van der Waals surface area contributed by atoms with E-state index in [1.54, 1.807) is 0 Å². The zero-order chi connectivity index (χ0) is 16.6. The Morgan fingerprint density at radius 1 is 0.400 bits per heavy atom. The minimum absolute atomic E-state index is 1.09. The van der Waals surface area contributed by atoms with E-state index in [-0.39, 0.29) is 0 Å². The van der Waals surface area contributed by atoms with Crippen molar-refractivity contribution in [2.45, 2.75) is 78.6 Å². The van der Waals surface area contributed by atoms with Crippen molar-refractivity contribution in [1.82, 2.24) is 0 Å². The molecule has 0 spiro atoms. The van der Waals surface area contributed by atoms with E-state index in [0.717, 1.165) is 16.5 Å². The topological polar surface area (TPSA) is 0 Å². The lowest BCUT2D eigenvalue weighted by Gasteiger charge is -2.31. The van der Waals surface area contributed by atoms with Crippen LogP contribution in [0.15, 0.2) is 0 Å². The molecule has 0 atom stereocenters. The second-order valence-electron chi connectivity index (χ2n) is 10.0. The van der Waals surface area contributed by atoms with Gasteiger partial charge in [0, 0.05) is 0 Å². The van der Waals surface area contributed by atoms with Gasteiger partial charge < -0.3 is 0 Å². The standard InChI is InChI=1S/C14H36Si6/c1-17(2,3)13(18(4,5)6)15-16-14(19(7,8)9)20(10,11)12/h1-12H3. The van der Waals surface area contributed by atoms with Gasteiger partial charge in [0.1, 0.15) is 0 Å². The van der Waals surface area contributed by atoms with Crippen LogP contribution in [-0.2, 0) is 0 Å². The Kier molecular flexibility index (Phi) is 7.00. The van der Waals surface area contributed by atoms with Crippen molar-refractivity contribution in [2.24, 2.45) is 0 Å². The van der Waals surface area contributed by atoms with Crippen LogP contribution in [-0.4, -0.2) is 57.6 Å². The summed E-state index contributed by atoms with van der Waals surface area (Å²) in [6.45, 7) is 30.8. The highest BCUT2D eigenvalue weighted by Crippen LogP contribution is 2.14. The first-order valence-electron chi connectivity index (χ1n) is 7.75. The van der Waals surface area contributed by atoms with Crippen LogP contribution in [0.1, 0.15) is 0 Å². The van der Waals surface area contributed by atoms with Gasteiger partial charge in [-0.1, -0.05) is 87.4 Å². The smallest absolute Gasteiger partial charge is 0.0706 e. The Hall–Kier alpha value is 1.04. The molecule has 6 heteroatoms. The monoisotopic (exact) mass is 372 g/mol. The van der Waals surface area contributed by atoms with Gasteiger partial charge in [0.2, 0.25) is 0 Å². The maximum absolute atomic E-state index is 2.57. The third-order valence-corrected chi connectivity index (χ3v) is 34.3. The Bertz CT molecular complexity index is 374. The van der Waals surface area contributed by atoms with E-state index in [4.69, 9.17) is 0 Å². The molecule has 0 N–H and O–H groups in total. The molecular formula is C14H36Si6. The quantitative estimate of drug-likeness (QED) is 0.650. The Morgan fingerprint density at radius 3 is 0.650 bits per heavy atom. The first-order valence-corrected chi connectivity index (χ1v) is 24.8. The molecule has 0 saturated heterocycles. The molecule has 0 radical (unpaired) electrons. The molecule has 0 nitrogen and oxygen atoms in total. The van der Waals surface area contributed by atoms with Crippen LogP contribution >= 0.6 is 0 Å². The van der Waals surface area contributed by atoms with Crippen molar-refractivity contribution >= 4 is 57.6 Å². The predicted octanol–water partition coefficient (Wildman–Crippen LogP) is 4.16. The van der Waals surface area contributed by atoms with Crippen LogP contribution in [0.2, 0.25) is 78.6 Å². The zero-order valence-electron chi connectivity index (χ0n) is 16.0. The highest BCUT2D eigenvalue weighted by Gasteiger charge is 2.32. The lowest BCUT2D eigenvalue weighted by Crippen LogP contribution is -2.53. The molecule has 0 aliphatic heterocycles. The molecule has 0 aliphatic carbocycles.